The minimum atomic E-state index is -0.475. The van der Waals surface area contributed by atoms with Gasteiger partial charge in [0.2, 0.25) is 0 Å². The zero-order valence-corrected chi connectivity index (χ0v) is 10.6. The van der Waals surface area contributed by atoms with Gasteiger partial charge in [0.05, 0.1) is 0 Å². The lowest BCUT2D eigenvalue weighted by atomic mass is 10.1. The lowest BCUT2D eigenvalue weighted by Crippen LogP contribution is -1.93. The van der Waals surface area contributed by atoms with Gasteiger partial charge in [0.25, 0.3) is 0 Å². The maximum atomic E-state index is 10.3. The molecule has 18 heavy (non-hydrogen) atoms. The Kier molecular flexibility index (Phi) is 2.94. The predicted molar refractivity (Wildman–Crippen MR) is 74.5 cm³/mol. The largest absolute Gasteiger partial charge is 0.384 e. The van der Waals surface area contributed by atoms with E-state index in [9.17, 15) is 5.11 Å². The van der Waals surface area contributed by atoms with Crippen LogP contribution < -0.4 is 0 Å². The summed E-state index contributed by atoms with van der Waals surface area (Å²) in [7, 11) is 0. The molecule has 0 spiro atoms. The van der Waals surface area contributed by atoms with Crippen LogP contribution in [0.25, 0.3) is 6.08 Å². The first-order valence-corrected chi connectivity index (χ1v) is 6.34. The van der Waals surface area contributed by atoms with Crippen LogP contribution in [0.15, 0.2) is 54.1 Å². The normalized spacial score (nSPS) is 20.1. The molecular weight excluding hydrogens is 244 g/mol. The van der Waals surface area contributed by atoms with Crippen LogP contribution in [0, 0.1) is 0 Å². The van der Waals surface area contributed by atoms with Gasteiger partial charge in [-0.15, -0.1) is 0 Å². The molecule has 0 heterocycles. The summed E-state index contributed by atoms with van der Waals surface area (Å²) in [6.07, 6.45) is 2.39. The highest BCUT2D eigenvalue weighted by atomic mass is 35.5. The van der Waals surface area contributed by atoms with E-state index in [4.69, 9.17) is 11.6 Å². The van der Waals surface area contributed by atoms with Crippen molar-refractivity contribution in [1.29, 1.82) is 0 Å². The van der Waals surface area contributed by atoms with E-state index < -0.39 is 6.10 Å². The molecule has 1 nitrogen and oxygen atoms in total. The Hall–Kier alpha value is -1.57. The summed E-state index contributed by atoms with van der Waals surface area (Å²) in [6, 6.07) is 15.7. The first-order chi connectivity index (χ1) is 8.74. The Labute approximate surface area is 111 Å². The van der Waals surface area contributed by atoms with Gasteiger partial charge >= 0.3 is 0 Å². The Bertz CT molecular complexity index is 599. The van der Waals surface area contributed by atoms with E-state index >= 15 is 0 Å². The summed E-state index contributed by atoms with van der Waals surface area (Å²) < 4.78 is 0. The molecule has 0 bridgehead atoms. The molecule has 0 saturated heterocycles. The molecule has 1 aliphatic carbocycles. The number of benzene rings is 2. The highest BCUT2D eigenvalue weighted by Crippen LogP contribution is 2.36. The Morgan fingerprint density at radius 1 is 1.06 bits per heavy atom. The van der Waals surface area contributed by atoms with E-state index in [1.54, 1.807) is 0 Å². The van der Waals surface area contributed by atoms with Crippen molar-refractivity contribution in [3.8, 4) is 0 Å². The minimum absolute atomic E-state index is 0.475. The predicted octanol–water partition coefficient (Wildman–Crippen LogP) is 4.01. The van der Waals surface area contributed by atoms with Crippen molar-refractivity contribution in [3.05, 3.63) is 75.8 Å². The van der Waals surface area contributed by atoms with Gasteiger partial charge in [-0.1, -0.05) is 54.1 Å². The van der Waals surface area contributed by atoms with Crippen LogP contribution in [-0.4, -0.2) is 5.11 Å². The van der Waals surface area contributed by atoms with Crippen LogP contribution in [0.1, 0.15) is 22.8 Å². The van der Waals surface area contributed by atoms with Crippen LogP contribution in [-0.2, 0) is 6.42 Å². The molecule has 2 aromatic rings. The van der Waals surface area contributed by atoms with Crippen LogP contribution in [0.2, 0.25) is 5.02 Å². The molecule has 0 saturated carbocycles. The summed E-state index contributed by atoms with van der Waals surface area (Å²) in [4.78, 5) is 0. The number of hydrogen-bond acceptors (Lipinski definition) is 1. The van der Waals surface area contributed by atoms with E-state index in [2.05, 4.69) is 6.07 Å². The van der Waals surface area contributed by atoms with Crippen LogP contribution in [0.3, 0.4) is 0 Å². The number of aliphatic hydroxyl groups excluding tert-OH is 1. The zero-order chi connectivity index (χ0) is 12.5. The van der Waals surface area contributed by atoms with Crippen molar-refractivity contribution in [2.24, 2.45) is 0 Å². The molecule has 1 atom stereocenters. The monoisotopic (exact) mass is 256 g/mol. The van der Waals surface area contributed by atoms with E-state index in [0.29, 0.717) is 0 Å². The number of fused-ring (bicyclic) bond motifs is 1. The summed E-state index contributed by atoms with van der Waals surface area (Å²) in [6.45, 7) is 0. The van der Waals surface area contributed by atoms with E-state index in [1.165, 1.54) is 5.56 Å². The quantitative estimate of drug-likeness (QED) is 0.817. The van der Waals surface area contributed by atoms with Gasteiger partial charge in [-0.2, -0.15) is 0 Å². The van der Waals surface area contributed by atoms with Crippen LogP contribution in [0.5, 0.6) is 0 Å². The molecule has 3 rings (SSSR count). The fourth-order valence-corrected chi connectivity index (χ4v) is 2.51. The molecule has 2 heteroatoms. The van der Waals surface area contributed by atoms with Gasteiger partial charge < -0.3 is 5.11 Å². The maximum Gasteiger partial charge on any atom is 0.101 e. The molecule has 90 valence electrons. The molecule has 1 unspecified atom stereocenters. The number of halogens is 1. The second kappa shape index (κ2) is 4.60. The summed E-state index contributed by atoms with van der Waals surface area (Å²) in [5.41, 5.74) is 4.35. The average Bonchev–Trinajstić information content (AvgIpc) is 2.70. The van der Waals surface area contributed by atoms with Gasteiger partial charge in [0.1, 0.15) is 6.10 Å². The van der Waals surface area contributed by atoms with Gasteiger partial charge in [0, 0.05) is 5.02 Å². The summed E-state index contributed by atoms with van der Waals surface area (Å²) in [5.74, 6) is 0. The van der Waals surface area contributed by atoms with Crippen molar-refractivity contribution in [2.45, 2.75) is 12.5 Å². The third-order valence-corrected chi connectivity index (χ3v) is 3.57. The van der Waals surface area contributed by atoms with Gasteiger partial charge in [-0.05, 0) is 40.8 Å². The smallest absolute Gasteiger partial charge is 0.101 e. The molecule has 0 aromatic heterocycles. The molecule has 1 aliphatic rings. The third-order valence-electron chi connectivity index (χ3n) is 3.32. The average molecular weight is 257 g/mol. The fraction of sp³-hybridized carbons (Fsp3) is 0.125. The first kappa shape index (κ1) is 11.5. The molecular formula is C16H13ClO. The SMILES string of the molecule is OC1/C(=C/c2ccc(Cl)cc2)Cc2ccccc21. The fourth-order valence-electron chi connectivity index (χ4n) is 2.38. The van der Waals surface area contributed by atoms with Gasteiger partial charge in [-0.25, -0.2) is 0 Å². The van der Waals surface area contributed by atoms with Crippen molar-refractivity contribution in [1.82, 2.24) is 0 Å². The van der Waals surface area contributed by atoms with E-state index in [0.717, 1.165) is 28.1 Å². The zero-order valence-electron chi connectivity index (χ0n) is 9.81. The van der Waals surface area contributed by atoms with Gasteiger partial charge in [0.15, 0.2) is 0 Å². The number of rotatable bonds is 1. The van der Waals surface area contributed by atoms with Crippen LogP contribution >= 0.6 is 11.6 Å². The lowest BCUT2D eigenvalue weighted by Gasteiger charge is -2.05. The summed E-state index contributed by atoms with van der Waals surface area (Å²) in [5, 5.41) is 11.0. The number of hydrogen-bond donors (Lipinski definition) is 1. The van der Waals surface area contributed by atoms with Crippen molar-refractivity contribution in [2.75, 3.05) is 0 Å². The molecule has 2 aromatic carbocycles. The highest BCUT2D eigenvalue weighted by Gasteiger charge is 2.24. The Morgan fingerprint density at radius 3 is 2.50 bits per heavy atom. The Balaban J connectivity index is 1.94. The van der Waals surface area contributed by atoms with E-state index in [-0.39, 0.29) is 0 Å². The molecule has 1 N–H and O–H groups in total. The standard InChI is InChI=1S/C16H13ClO/c17-14-7-5-11(6-8-14)9-13-10-12-3-1-2-4-15(12)16(13)18/h1-9,16,18H,10H2/b13-9+. The van der Waals surface area contributed by atoms with Crippen LogP contribution in [0.4, 0.5) is 0 Å². The minimum Gasteiger partial charge on any atom is -0.384 e. The second-order valence-electron chi connectivity index (χ2n) is 4.55. The number of aliphatic hydroxyl groups is 1. The van der Waals surface area contributed by atoms with Gasteiger partial charge in [-0.3, -0.25) is 0 Å². The Morgan fingerprint density at radius 2 is 1.78 bits per heavy atom. The van der Waals surface area contributed by atoms with E-state index in [1.807, 2.05) is 48.5 Å². The van der Waals surface area contributed by atoms with Crippen molar-refractivity contribution in [3.63, 3.8) is 0 Å². The molecule has 0 fully saturated rings. The lowest BCUT2D eigenvalue weighted by molar-refractivity contribution is 0.222. The molecule has 0 amide bonds. The molecule has 0 radical (unpaired) electrons. The summed E-state index contributed by atoms with van der Waals surface area (Å²) >= 11 is 5.86. The highest BCUT2D eigenvalue weighted by molar-refractivity contribution is 6.30. The maximum absolute atomic E-state index is 10.3. The van der Waals surface area contributed by atoms with Crippen molar-refractivity contribution >= 4 is 17.7 Å². The third kappa shape index (κ3) is 2.07. The van der Waals surface area contributed by atoms with Crippen molar-refractivity contribution < 1.29 is 5.11 Å². The topological polar surface area (TPSA) is 20.2 Å². The second-order valence-corrected chi connectivity index (χ2v) is 4.99. The molecule has 0 aliphatic heterocycles. The first-order valence-electron chi connectivity index (χ1n) is 5.96.